The first-order valence-corrected chi connectivity index (χ1v) is 6.15. The van der Waals surface area contributed by atoms with Crippen molar-refractivity contribution in [3.8, 4) is 0 Å². The molecule has 14 heavy (non-hydrogen) atoms. The second kappa shape index (κ2) is 6.45. The molecule has 1 aliphatic rings. The Kier molecular flexibility index (Phi) is 6.85. The average Bonchev–Trinajstić information content (AvgIpc) is 2.05. The fourth-order valence-corrected chi connectivity index (χ4v) is 2.86. The molecule has 0 atom stereocenters. The summed E-state index contributed by atoms with van der Waals surface area (Å²) in [5.74, 6) is 0. The Labute approximate surface area is 108 Å². The van der Waals surface area contributed by atoms with Crippen LogP contribution in [0.4, 0.5) is 0 Å². The van der Waals surface area contributed by atoms with Crippen LogP contribution in [0.3, 0.4) is 0 Å². The van der Waals surface area contributed by atoms with Crippen molar-refractivity contribution in [2.24, 2.45) is 0 Å². The van der Waals surface area contributed by atoms with Gasteiger partial charge >= 0.3 is 29.6 Å². The first-order valence-electron chi connectivity index (χ1n) is 4.78. The van der Waals surface area contributed by atoms with Gasteiger partial charge in [0.15, 0.2) is 10.3 Å². The quantitative estimate of drug-likeness (QED) is 0.420. The summed E-state index contributed by atoms with van der Waals surface area (Å²) in [6.45, 7) is 2.01. The maximum atomic E-state index is 10.8. The van der Waals surface area contributed by atoms with E-state index in [1.807, 2.05) is 0 Å². The van der Waals surface area contributed by atoms with Crippen molar-refractivity contribution >= 4 is 10.3 Å². The summed E-state index contributed by atoms with van der Waals surface area (Å²) in [6, 6.07) is -0.0405. The van der Waals surface area contributed by atoms with Crippen molar-refractivity contribution < 1.29 is 42.5 Å². The Morgan fingerprint density at radius 3 is 2.14 bits per heavy atom. The van der Waals surface area contributed by atoms with Gasteiger partial charge < -0.3 is 4.55 Å². The molecule has 1 aliphatic carbocycles. The Morgan fingerprint density at radius 1 is 1.29 bits per heavy atom. The summed E-state index contributed by atoms with van der Waals surface area (Å²) >= 11 is 0. The van der Waals surface area contributed by atoms with Crippen molar-refractivity contribution in [1.29, 1.82) is 0 Å². The van der Waals surface area contributed by atoms with Crippen molar-refractivity contribution in [2.45, 2.75) is 45.1 Å². The van der Waals surface area contributed by atoms with E-state index >= 15 is 0 Å². The minimum Gasteiger partial charge on any atom is -0.735 e. The van der Waals surface area contributed by atoms with E-state index in [0.29, 0.717) is 6.54 Å². The van der Waals surface area contributed by atoms with Gasteiger partial charge in [0.2, 0.25) is 0 Å². The molecular formula is C8H16NNaO3S. The fraction of sp³-hybridized carbons (Fsp3) is 1.00. The predicted octanol–water partition coefficient (Wildman–Crippen LogP) is -1.89. The zero-order valence-electron chi connectivity index (χ0n) is 8.90. The number of hydrogen-bond acceptors (Lipinski definition) is 3. The summed E-state index contributed by atoms with van der Waals surface area (Å²) in [4.78, 5) is 0. The largest absolute Gasteiger partial charge is 1.00 e. The van der Waals surface area contributed by atoms with Crippen molar-refractivity contribution in [1.82, 2.24) is 4.31 Å². The monoisotopic (exact) mass is 229 g/mol. The van der Waals surface area contributed by atoms with E-state index < -0.39 is 10.3 Å². The van der Waals surface area contributed by atoms with Crippen LogP contribution >= 0.6 is 0 Å². The molecule has 0 aromatic heterocycles. The number of rotatable bonds is 3. The molecule has 0 aromatic rings. The molecule has 0 N–H and O–H groups in total. The topological polar surface area (TPSA) is 60.4 Å². The van der Waals surface area contributed by atoms with Crippen molar-refractivity contribution in [3.63, 3.8) is 0 Å². The molecule has 0 radical (unpaired) electrons. The van der Waals surface area contributed by atoms with Gasteiger partial charge in [-0.05, 0) is 12.8 Å². The van der Waals surface area contributed by atoms with Gasteiger partial charge in [-0.3, -0.25) is 0 Å². The average molecular weight is 229 g/mol. The molecular weight excluding hydrogens is 213 g/mol. The van der Waals surface area contributed by atoms with E-state index in [1.165, 1.54) is 0 Å². The summed E-state index contributed by atoms with van der Waals surface area (Å²) in [5, 5.41) is 0. The second-order valence-electron chi connectivity index (χ2n) is 3.45. The number of nitrogens with zero attached hydrogens (tertiary/aromatic N) is 1. The maximum absolute atomic E-state index is 10.8. The first-order chi connectivity index (χ1) is 6.05. The summed E-state index contributed by atoms with van der Waals surface area (Å²) in [7, 11) is -4.23. The molecule has 0 amide bonds. The third-order valence-corrected chi connectivity index (χ3v) is 3.71. The standard InChI is InChI=1S/C8H17NO3S.Na/c1-2-9(13(10,11)12)8-6-4-3-5-7-8;/h8H,2-7H2,1H3,(H,10,11,12);/q;+1/p-1. The first kappa shape index (κ1) is 14.9. The minimum atomic E-state index is -4.23. The molecule has 0 unspecified atom stereocenters. The Morgan fingerprint density at radius 2 is 1.79 bits per heavy atom. The molecule has 6 heteroatoms. The van der Waals surface area contributed by atoms with Gasteiger partial charge in [0.05, 0.1) is 0 Å². The normalized spacial score (nSPS) is 19.4. The minimum absolute atomic E-state index is 0. The van der Waals surface area contributed by atoms with Gasteiger partial charge in [-0.1, -0.05) is 26.2 Å². The predicted molar refractivity (Wildman–Crippen MR) is 49.0 cm³/mol. The molecule has 78 valence electrons. The smallest absolute Gasteiger partial charge is 0.735 e. The van der Waals surface area contributed by atoms with Crippen LogP contribution in [0.2, 0.25) is 0 Å². The summed E-state index contributed by atoms with van der Waals surface area (Å²) < 4.78 is 33.6. The van der Waals surface area contributed by atoms with Crippen molar-refractivity contribution in [2.75, 3.05) is 6.54 Å². The third kappa shape index (κ3) is 4.16. The molecule has 4 nitrogen and oxygen atoms in total. The SMILES string of the molecule is CCN(C1CCCCC1)S(=O)(=O)[O-].[Na+]. The van der Waals surface area contributed by atoms with E-state index in [4.69, 9.17) is 0 Å². The molecule has 1 saturated carbocycles. The van der Waals surface area contributed by atoms with E-state index in [1.54, 1.807) is 6.92 Å². The Hall–Kier alpha value is 0.870. The van der Waals surface area contributed by atoms with Gasteiger partial charge in [-0.2, -0.15) is 0 Å². The molecule has 0 spiro atoms. The van der Waals surface area contributed by atoms with Crippen LogP contribution in [0, 0.1) is 0 Å². The molecule has 0 heterocycles. The van der Waals surface area contributed by atoms with Crippen LogP contribution in [-0.2, 0) is 10.3 Å². The van der Waals surface area contributed by atoms with Crippen LogP contribution < -0.4 is 29.6 Å². The fourth-order valence-electron chi connectivity index (χ4n) is 1.97. The molecule has 0 bridgehead atoms. The van der Waals surface area contributed by atoms with Gasteiger partial charge in [0.25, 0.3) is 0 Å². The van der Waals surface area contributed by atoms with Crippen LogP contribution in [0.5, 0.6) is 0 Å². The van der Waals surface area contributed by atoms with E-state index in [9.17, 15) is 13.0 Å². The van der Waals surface area contributed by atoms with Gasteiger partial charge in [0.1, 0.15) is 0 Å². The molecule has 1 fully saturated rings. The van der Waals surface area contributed by atoms with Crippen LogP contribution in [0.15, 0.2) is 0 Å². The van der Waals surface area contributed by atoms with Gasteiger partial charge in [0, 0.05) is 12.6 Å². The Balaban J connectivity index is 0.00000169. The van der Waals surface area contributed by atoms with Crippen LogP contribution in [0.25, 0.3) is 0 Å². The number of hydrogen-bond donors (Lipinski definition) is 0. The maximum Gasteiger partial charge on any atom is 1.00 e. The van der Waals surface area contributed by atoms with E-state index in [0.717, 1.165) is 36.4 Å². The van der Waals surface area contributed by atoms with Crippen molar-refractivity contribution in [3.05, 3.63) is 0 Å². The third-order valence-electron chi connectivity index (χ3n) is 2.58. The van der Waals surface area contributed by atoms with E-state index in [2.05, 4.69) is 0 Å². The molecule has 0 saturated heterocycles. The van der Waals surface area contributed by atoms with Crippen LogP contribution in [-0.4, -0.2) is 29.9 Å². The second-order valence-corrected chi connectivity index (χ2v) is 4.78. The zero-order chi connectivity index (χ0) is 9.90. The van der Waals surface area contributed by atoms with E-state index in [-0.39, 0.29) is 35.6 Å². The molecule has 1 rings (SSSR count). The Bertz CT molecular complexity index is 249. The molecule has 0 aliphatic heterocycles. The molecule has 0 aromatic carbocycles. The summed E-state index contributed by atoms with van der Waals surface area (Å²) in [6.07, 6.45) is 4.92. The van der Waals surface area contributed by atoms with Gasteiger partial charge in [-0.15, -0.1) is 0 Å². The van der Waals surface area contributed by atoms with Crippen LogP contribution in [0.1, 0.15) is 39.0 Å². The van der Waals surface area contributed by atoms with Gasteiger partial charge in [-0.25, -0.2) is 12.7 Å². The summed E-state index contributed by atoms with van der Waals surface area (Å²) in [5.41, 5.74) is 0. The zero-order valence-corrected chi connectivity index (χ0v) is 11.7.